The molecular formula is C12H8ClFN2O2. The SMILES string of the molecule is O=C(Nc1cc(F)ccc1Cl)c1ncccc1O. The third kappa shape index (κ3) is 2.57. The highest BCUT2D eigenvalue weighted by atomic mass is 35.5. The molecule has 1 heterocycles. The predicted octanol–water partition coefficient (Wildman–Crippen LogP) is 2.83. The molecule has 2 rings (SSSR count). The van der Waals surface area contributed by atoms with Gasteiger partial charge in [0.05, 0.1) is 10.7 Å². The molecule has 0 fully saturated rings. The second-order valence-corrected chi connectivity index (χ2v) is 3.86. The molecule has 0 bridgehead atoms. The molecule has 1 aromatic heterocycles. The Morgan fingerprint density at radius 2 is 2.17 bits per heavy atom. The Kier molecular flexibility index (Phi) is 3.43. The number of halogens is 2. The number of rotatable bonds is 2. The van der Waals surface area contributed by atoms with E-state index in [2.05, 4.69) is 10.3 Å². The molecule has 0 saturated heterocycles. The van der Waals surface area contributed by atoms with Gasteiger partial charge in [-0.15, -0.1) is 0 Å². The molecule has 92 valence electrons. The molecule has 1 amide bonds. The number of benzene rings is 1. The Morgan fingerprint density at radius 1 is 1.39 bits per heavy atom. The smallest absolute Gasteiger partial charge is 0.278 e. The fourth-order valence-electron chi connectivity index (χ4n) is 1.35. The molecule has 0 atom stereocenters. The van der Waals surface area contributed by atoms with Crippen LogP contribution in [0.1, 0.15) is 10.5 Å². The summed E-state index contributed by atoms with van der Waals surface area (Å²) in [4.78, 5) is 15.5. The number of nitrogens with zero attached hydrogens (tertiary/aromatic N) is 1. The highest BCUT2D eigenvalue weighted by molar-refractivity contribution is 6.33. The maximum atomic E-state index is 13.0. The first-order chi connectivity index (χ1) is 8.58. The molecule has 0 radical (unpaired) electrons. The van der Waals surface area contributed by atoms with E-state index in [0.717, 1.165) is 6.07 Å². The van der Waals surface area contributed by atoms with E-state index in [1.807, 2.05) is 0 Å². The molecule has 4 nitrogen and oxygen atoms in total. The van der Waals surface area contributed by atoms with Crippen LogP contribution in [0.25, 0.3) is 0 Å². The van der Waals surface area contributed by atoms with Crippen LogP contribution in [0.5, 0.6) is 5.75 Å². The Morgan fingerprint density at radius 3 is 2.89 bits per heavy atom. The minimum atomic E-state index is -0.666. The Hall–Kier alpha value is -2.14. The summed E-state index contributed by atoms with van der Waals surface area (Å²) in [6.45, 7) is 0. The number of nitrogens with one attached hydrogen (secondary N) is 1. The molecule has 0 aliphatic rings. The number of carbonyl (C=O) groups is 1. The third-order valence-corrected chi connectivity index (χ3v) is 2.51. The monoisotopic (exact) mass is 266 g/mol. The zero-order valence-electron chi connectivity index (χ0n) is 9.02. The number of pyridine rings is 1. The lowest BCUT2D eigenvalue weighted by molar-refractivity contribution is 0.101. The number of aromatic nitrogens is 1. The zero-order chi connectivity index (χ0) is 13.1. The van der Waals surface area contributed by atoms with E-state index in [-0.39, 0.29) is 22.2 Å². The summed E-state index contributed by atoms with van der Waals surface area (Å²) in [5.74, 6) is -1.46. The third-order valence-electron chi connectivity index (χ3n) is 2.18. The van der Waals surface area contributed by atoms with Gasteiger partial charge in [-0.05, 0) is 30.3 Å². The lowest BCUT2D eigenvalue weighted by Gasteiger charge is -2.07. The predicted molar refractivity (Wildman–Crippen MR) is 65.3 cm³/mol. The van der Waals surface area contributed by atoms with Crippen LogP contribution in [0.3, 0.4) is 0 Å². The summed E-state index contributed by atoms with van der Waals surface area (Å²) in [5, 5.41) is 12.0. The lowest BCUT2D eigenvalue weighted by Crippen LogP contribution is -2.14. The standard InChI is InChI=1S/C12H8ClFN2O2/c13-8-4-3-7(14)6-9(8)16-12(18)11-10(17)2-1-5-15-11/h1-6,17H,(H,16,18). The van der Waals surface area contributed by atoms with Crippen LogP contribution in [-0.2, 0) is 0 Å². The molecule has 0 aliphatic carbocycles. The van der Waals surface area contributed by atoms with Crippen LogP contribution in [0.2, 0.25) is 5.02 Å². The van der Waals surface area contributed by atoms with E-state index in [1.54, 1.807) is 0 Å². The first kappa shape index (κ1) is 12.3. The van der Waals surface area contributed by atoms with Gasteiger partial charge in [0.15, 0.2) is 5.69 Å². The normalized spacial score (nSPS) is 10.1. The van der Waals surface area contributed by atoms with Gasteiger partial charge >= 0.3 is 0 Å². The summed E-state index contributed by atoms with van der Waals surface area (Å²) in [7, 11) is 0. The first-order valence-electron chi connectivity index (χ1n) is 4.98. The Bertz CT molecular complexity index is 604. The minimum absolute atomic E-state index is 0.117. The van der Waals surface area contributed by atoms with Crippen molar-refractivity contribution in [1.82, 2.24) is 4.98 Å². The van der Waals surface area contributed by atoms with E-state index in [0.29, 0.717) is 0 Å². The first-order valence-corrected chi connectivity index (χ1v) is 5.36. The number of aromatic hydroxyl groups is 1. The van der Waals surface area contributed by atoms with Gasteiger partial charge in [-0.2, -0.15) is 0 Å². The summed E-state index contributed by atoms with van der Waals surface area (Å²) < 4.78 is 13.0. The molecule has 1 aromatic carbocycles. The highest BCUT2D eigenvalue weighted by Crippen LogP contribution is 2.23. The van der Waals surface area contributed by atoms with Crippen molar-refractivity contribution in [2.75, 3.05) is 5.32 Å². The van der Waals surface area contributed by atoms with Gasteiger partial charge in [-0.3, -0.25) is 4.79 Å². The van der Waals surface area contributed by atoms with Crippen molar-refractivity contribution in [2.24, 2.45) is 0 Å². The molecule has 0 aliphatic heterocycles. The van der Waals surface area contributed by atoms with E-state index in [9.17, 15) is 14.3 Å². The minimum Gasteiger partial charge on any atom is -0.505 e. The quantitative estimate of drug-likeness (QED) is 0.879. The Labute approximate surface area is 107 Å². The highest BCUT2D eigenvalue weighted by Gasteiger charge is 2.14. The topological polar surface area (TPSA) is 62.2 Å². The second kappa shape index (κ2) is 5.01. The summed E-state index contributed by atoms with van der Waals surface area (Å²) in [5.41, 5.74) is -0.0375. The van der Waals surface area contributed by atoms with Crippen molar-refractivity contribution in [1.29, 1.82) is 0 Å². The van der Waals surface area contributed by atoms with Gasteiger partial charge in [-0.1, -0.05) is 11.6 Å². The van der Waals surface area contributed by atoms with Gasteiger partial charge in [0, 0.05) is 6.20 Å². The van der Waals surface area contributed by atoms with Crippen molar-refractivity contribution >= 4 is 23.2 Å². The molecule has 0 saturated carbocycles. The van der Waals surface area contributed by atoms with Crippen molar-refractivity contribution in [3.8, 4) is 5.75 Å². The van der Waals surface area contributed by atoms with Crippen LogP contribution in [-0.4, -0.2) is 16.0 Å². The summed E-state index contributed by atoms with van der Waals surface area (Å²) >= 11 is 5.80. The van der Waals surface area contributed by atoms with Crippen LogP contribution >= 0.6 is 11.6 Å². The Balaban J connectivity index is 2.27. The zero-order valence-corrected chi connectivity index (χ0v) is 9.78. The fraction of sp³-hybridized carbons (Fsp3) is 0. The second-order valence-electron chi connectivity index (χ2n) is 3.45. The largest absolute Gasteiger partial charge is 0.505 e. The summed E-state index contributed by atoms with van der Waals surface area (Å²) in [6.07, 6.45) is 1.36. The van der Waals surface area contributed by atoms with Crippen molar-refractivity contribution in [3.05, 3.63) is 53.1 Å². The van der Waals surface area contributed by atoms with E-state index in [4.69, 9.17) is 11.6 Å². The average Bonchev–Trinajstić information content (AvgIpc) is 2.34. The van der Waals surface area contributed by atoms with E-state index in [1.165, 1.54) is 30.5 Å². The fourth-order valence-corrected chi connectivity index (χ4v) is 1.51. The number of amides is 1. The van der Waals surface area contributed by atoms with E-state index >= 15 is 0 Å². The van der Waals surface area contributed by atoms with Crippen LogP contribution < -0.4 is 5.32 Å². The maximum Gasteiger partial charge on any atom is 0.278 e. The molecular weight excluding hydrogens is 259 g/mol. The van der Waals surface area contributed by atoms with Crippen LogP contribution in [0.4, 0.5) is 10.1 Å². The number of hydrogen-bond acceptors (Lipinski definition) is 3. The molecule has 2 N–H and O–H groups in total. The summed E-state index contributed by atoms with van der Waals surface area (Å²) in [6, 6.07) is 6.40. The van der Waals surface area contributed by atoms with E-state index < -0.39 is 11.7 Å². The molecule has 2 aromatic rings. The average molecular weight is 267 g/mol. The van der Waals surface area contributed by atoms with Gasteiger partial charge in [-0.25, -0.2) is 9.37 Å². The van der Waals surface area contributed by atoms with Crippen LogP contribution in [0, 0.1) is 5.82 Å². The van der Waals surface area contributed by atoms with Gasteiger partial charge < -0.3 is 10.4 Å². The molecule has 18 heavy (non-hydrogen) atoms. The van der Waals surface area contributed by atoms with Crippen molar-refractivity contribution in [2.45, 2.75) is 0 Å². The maximum absolute atomic E-state index is 13.0. The lowest BCUT2D eigenvalue weighted by atomic mass is 10.2. The van der Waals surface area contributed by atoms with Crippen LogP contribution in [0.15, 0.2) is 36.5 Å². The number of carbonyl (C=O) groups excluding carboxylic acids is 1. The number of hydrogen-bond donors (Lipinski definition) is 2. The molecule has 0 spiro atoms. The van der Waals surface area contributed by atoms with Gasteiger partial charge in [0.25, 0.3) is 5.91 Å². The van der Waals surface area contributed by atoms with Gasteiger partial charge in [0.1, 0.15) is 11.6 Å². The number of anilines is 1. The van der Waals surface area contributed by atoms with Gasteiger partial charge in [0.2, 0.25) is 0 Å². The molecule has 6 heteroatoms. The molecule has 0 unspecified atom stereocenters. The van der Waals surface area contributed by atoms with Crippen molar-refractivity contribution in [3.63, 3.8) is 0 Å². The van der Waals surface area contributed by atoms with Crippen molar-refractivity contribution < 1.29 is 14.3 Å².